The summed E-state index contributed by atoms with van der Waals surface area (Å²) in [5, 5.41) is 0. The zero-order valence-corrected chi connectivity index (χ0v) is 12.3. The van der Waals surface area contributed by atoms with E-state index in [0.29, 0.717) is 6.04 Å². The Morgan fingerprint density at radius 2 is 1.89 bits per heavy atom. The van der Waals surface area contributed by atoms with Gasteiger partial charge >= 0.3 is 0 Å². The van der Waals surface area contributed by atoms with Crippen LogP contribution in [0, 0.1) is 17.3 Å². The van der Waals surface area contributed by atoms with Crippen LogP contribution in [-0.2, 0) is 9.59 Å². The van der Waals surface area contributed by atoms with Gasteiger partial charge in [0.25, 0.3) is 0 Å². The summed E-state index contributed by atoms with van der Waals surface area (Å²) in [5.74, 6) is -0.253. The van der Waals surface area contributed by atoms with Crippen LogP contribution in [0.4, 0.5) is 0 Å². The third-order valence-corrected chi connectivity index (χ3v) is 5.64. The summed E-state index contributed by atoms with van der Waals surface area (Å²) in [4.78, 5) is 28.2. The average molecular weight is 262 g/mol. The van der Waals surface area contributed by atoms with Gasteiger partial charge in [-0.25, -0.2) is 0 Å². The fourth-order valence-electron chi connectivity index (χ4n) is 4.55. The van der Waals surface area contributed by atoms with E-state index in [-0.39, 0.29) is 35.1 Å². The van der Waals surface area contributed by atoms with E-state index in [0.717, 1.165) is 6.42 Å². The van der Waals surface area contributed by atoms with Crippen molar-refractivity contribution in [2.75, 3.05) is 14.1 Å². The van der Waals surface area contributed by atoms with E-state index in [4.69, 9.17) is 0 Å². The molecule has 1 aliphatic carbocycles. The van der Waals surface area contributed by atoms with Gasteiger partial charge in [-0.1, -0.05) is 18.6 Å². The molecule has 104 valence electrons. The molecule has 2 fully saturated rings. The standard InChI is InChI=1S/C15H22N2O2/c1-8-6-15(3)7-10-11(12(15)16(4)9(8)2)14(19)17(5)13(10)18/h6,9-12H,7H2,1-5H3. The van der Waals surface area contributed by atoms with Crippen LogP contribution in [0.5, 0.6) is 0 Å². The Kier molecular flexibility index (Phi) is 2.50. The first-order valence-corrected chi connectivity index (χ1v) is 7.00. The van der Waals surface area contributed by atoms with Gasteiger partial charge < -0.3 is 0 Å². The molecule has 0 spiro atoms. The first-order chi connectivity index (χ1) is 8.78. The number of rotatable bonds is 0. The van der Waals surface area contributed by atoms with Crippen molar-refractivity contribution < 1.29 is 9.59 Å². The van der Waals surface area contributed by atoms with E-state index < -0.39 is 0 Å². The molecule has 3 aliphatic rings. The molecule has 5 atom stereocenters. The number of hydrogen-bond acceptors (Lipinski definition) is 3. The highest BCUT2D eigenvalue weighted by Crippen LogP contribution is 2.55. The Balaban J connectivity index is 2.08. The Hall–Kier alpha value is -1.16. The fraction of sp³-hybridized carbons (Fsp3) is 0.733. The van der Waals surface area contributed by atoms with Gasteiger partial charge in [-0.3, -0.25) is 19.4 Å². The van der Waals surface area contributed by atoms with Crippen LogP contribution < -0.4 is 0 Å². The largest absolute Gasteiger partial charge is 0.295 e. The first-order valence-electron chi connectivity index (χ1n) is 7.00. The van der Waals surface area contributed by atoms with E-state index in [9.17, 15) is 9.59 Å². The van der Waals surface area contributed by atoms with Crippen LogP contribution in [0.25, 0.3) is 0 Å². The van der Waals surface area contributed by atoms with Crippen molar-refractivity contribution in [1.82, 2.24) is 9.80 Å². The maximum absolute atomic E-state index is 12.4. The molecule has 0 radical (unpaired) electrons. The number of nitrogens with zero attached hydrogens (tertiary/aromatic N) is 2. The molecule has 4 nitrogen and oxygen atoms in total. The number of likely N-dealkylation sites (N-methyl/N-ethyl adjacent to an activating group) is 1. The SMILES string of the molecule is CC1=CC2(C)CC3C(=O)N(C)C(=O)C3C2N(C)C1C. The number of imide groups is 1. The van der Waals surface area contributed by atoms with Crippen LogP contribution in [0.1, 0.15) is 27.2 Å². The molecule has 3 rings (SSSR count). The Bertz CT molecular complexity index is 498. The van der Waals surface area contributed by atoms with E-state index in [1.54, 1.807) is 7.05 Å². The van der Waals surface area contributed by atoms with Crippen molar-refractivity contribution in [3.05, 3.63) is 11.6 Å². The van der Waals surface area contributed by atoms with Gasteiger partial charge in [-0.2, -0.15) is 0 Å². The molecule has 1 saturated heterocycles. The topological polar surface area (TPSA) is 40.6 Å². The summed E-state index contributed by atoms with van der Waals surface area (Å²) >= 11 is 0. The number of carbonyl (C=O) groups is 2. The molecule has 0 bridgehead atoms. The van der Waals surface area contributed by atoms with Gasteiger partial charge in [0.05, 0.1) is 11.8 Å². The van der Waals surface area contributed by atoms with Crippen LogP contribution >= 0.6 is 0 Å². The third kappa shape index (κ3) is 1.43. The summed E-state index contributed by atoms with van der Waals surface area (Å²) in [7, 11) is 3.70. The zero-order valence-electron chi connectivity index (χ0n) is 12.3. The van der Waals surface area contributed by atoms with Gasteiger partial charge in [0.2, 0.25) is 11.8 Å². The van der Waals surface area contributed by atoms with Crippen LogP contribution in [-0.4, -0.2) is 47.8 Å². The predicted octanol–water partition coefficient (Wildman–Crippen LogP) is 1.28. The molecule has 0 N–H and O–H groups in total. The van der Waals surface area contributed by atoms with Gasteiger partial charge in [0, 0.05) is 24.5 Å². The molecule has 2 heterocycles. The molecule has 0 aromatic rings. The minimum atomic E-state index is -0.153. The molecule has 2 amide bonds. The molecule has 19 heavy (non-hydrogen) atoms. The molecule has 0 aromatic heterocycles. The molecule has 4 heteroatoms. The zero-order chi connectivity index (χ0) is 14.1. The Labute approximate surface area is 114 Å². The van der Waals surface area contributed by atoms with Crippen molar-refractivity contribution in [2.45, 2.75) is 39.3 Å². The average Bonchev–Trinajstić information content (AvgIpc) is 2.75. The van der Waals surface area contributed by atoms with Crippen molar-refractivity contribution in [1.29, 1.82) is 0 Å². The second kappa shape index (κ2) is 3.69. The molecule has 2 aliphatic heterocycles. The fourth-order valence-corrected chi connectivity index (χ4v) is 4.55. The van der Waals surface area contributed by atoms with E-state index in [2.05, 4.69) is 38.8 Å². The molecule has 5 unspecified atom stereocenters. The molecular formula is C15H22N2O2. The Morgan fingerprint density at radius 1 is 1.26 bits per heavy atom. The van der Waals surface area contributed by atoms with E-state index in [1.807, 2.05) is 0 Å². The van der Waals surface area contributed by atoms with Crippen molar-refractivity contribution in [3.8, 4) is 0 Å². The minimum absolute atomic E-state index is 0.00993. The number of fused-ring (bicyclic) bond motifs is 3. The number of likely N-dealkylation sites (tertiary alicyclic amines) is 1. The van der Waals surface area contributed by atoms with Crippen molar-refractivity contribution >= 4 is 11.8 Å². The van der Waals surface area contributed by atoms with Gasteiger partial charge in [-0.15, -0.1) is 0 Å². The molecule has 1 saturated carbocycles. The normalized spacial score (nSPS) is 46.4. The highest BCUT2D eigenvalue weighted by atomic mass is 16.2. The van der Waals surface area contributed by atoms with Crippen LogP contribution in [0.15, 0.2) is 11.6 Å². The molecular weight excluding hydrogens is 240 g/mol. The third-order valence-electron chi connectivity index (χ3n) is 5.64. The Morgan fingerprint density at radius 3 is 2.53 bits per heavy atom. The van der Waals surface area contributed by atoms with Gasteiger partial charge in [0.1, 0.15) is 0 Å². The lowest BCUT2D eigenvalue weighted by molar-refractivity contribution is -0.140. The maximum Gasteiger partial charge on any atom is 0.234 e. The first kappa shape index (κ1) is 12.9. The summed E-state index contributed by atoms with van der Waals surface area (Å²) < 4.78 is 0. The number of carbonyl (C=O) groups excluding carboxylic acids is 2. The van der Waals surface area contributed by atoms with Crippen molar-refractivity contribution in [3.63, 3.8) is 0 Å². The number of hydrogen-bond donors (Lipinski definition) is 0. The van der Waals surface area contributed by atoms with E-state index >= 15 is 0 Å². The lowest BCUT2D eigenvalue weighted by Gasteiger charge is -2.46. The lowest BCUT2D eigenvalue weighted by Crippen LogP contribution is -2.53. The second-order valence-electron chi connectivity index (χ2n) is 6.75. The smallest absolute Gasteiger partial charge is 0.234 e. The van der Waals surface area contributed by atoms with Crippen LogP contribution in [0.3, 0.4) is 0 Å². The second-order valence-corrected chi connectivity index (χ2v) is 6.75. The molecule has 0 aromatic carbocycles. The van der Waals surface area contributed by atoms with Crippen LogP contribution in [0.2, 0.25) is 0 Å². The van der Waals surface area contributed by atoms with Gasteiger partial charge in [0.15, 0.2) is 0 Å². The monoisotopic (exact) mass is 262 g/mol. The summed E-state index contributed by atoms with van der Waals surface area (Å²) in [6.07, 6.45) is 3.10. The summed E-state index contributed by atoms with van der Waals surface area (Å²) in [6.45, 7) is 6.51. The highest BCUT2D eigenvalue weighted by Gasteiger charge is 2.63. The summed E-state index contributed by atoms with van der Waals surface area (Å²) in [6, 6.07) is 0.489. The minimum Gasteiger partial charge on any atom is -0.295 e. The maximum atomic E-state index is 12.4. The van der Waals surface area contributed by atoms with E-state index in [1.165, 1.54) is 10.5 Å². The quantitative estimate of drug-likeness (QED) is 0.488. The summed E-state index contributed by atoms with van der Waals surface area (Å²) in [5.41, 5.74) is 1.29. The number of amides is 2. The lowest BCUT2D eigenvalue weighted by atomic mass is 9.75. The highest BCUT2D eigenvalue weighted by molar-refractivity contribution is 6.05. The van der Waals surface area contributed by atoms with Gasteiger partial charge in [-0.05, 0) is 27.3 Å². The predicted molar refractivity (Wildman–Crippen MR) is 72.3 cm³/mol. The van der Waals surface area contributed by atoms with Crippen molar-refractivity contribution in [2.24, 2.45) is 17.3 Å².